The highest BCUT2D eigenvalue weighted by Gasteiger charge is 2.42. The molecule has 0 unspecified atom stereocenters. The van der Waals surface area contributed by atoms with Gasteiger partial charge in [-0.25, -0.2) is 0 Å². The van der Waals surface area contributed by atoms with Crippen molar-refractivity contribution in [1.29, 1.82) is 0 Å². The van der Waals surface area contributed by atoms with Crippen molar-refractivity contribution in [2.45, 2.75) is 19.3 Å². The minimum atomic E-state index is -0.255. The summed E-state index contributed by atoms with van der Waals surface area (Å²) in [5, 5.41) is 2.78. The Hall–Kier alpha value is -0.610. The second-order valence-corrected chi connectivity index (χ2v) is 3.38. The molecule has 4 nitrogen and oxygen atoms in total. The third-order valence-electron chi connectivity index (χ3n) is 2.61. The van der Waals surface area contributed by atoms with Gasteiger partial charge in [0, 0.05) is 19.6 Å². The molecule has 0 saturated heterocycles. The molecule has 0 atom stereocenters. The van der Waals surface area contributed by atoms with Crippen LogP contribution in [-0.2, 0) is 4.79 Å². The average Bonchev–Trinajstić information content (AvgIpc) is 2.00. The number of carbonyl (C=O) groups is 1. The molecule has 5 N–H and O–H groups in total. The van der Waals surface area contributed by atoms with Gasteiger partial charge in [-0.05, 0) is 12.8 Å². The Morgan fingerprint density at radius 2 is 2.08 bits per heavy atom. The smallest absolute Gasteiger partial charge is 0.227 e. The van der Waals surface area contributed by atoms with E-state index in [9.17, 15) is 4.79 Å². The van der Waals surface area contributed by atoms with Gasteiger partial charge in [-0.15, -0.1) is 0 Å². The van der Waals surface area contributed by atoms with Gasteiger partial charge in [0.25, 0.3) is 0 Å². The molecule has 1 amide bonds. The molecule has 1 aliphatic rings. The van der Waals surface area contributed by atoms with Crippen molar-refractivity contribution in [2.75, 3.05) is 19.6 Å². The molecular formula is C8H17N3O. The SMILES string of the molecule is NCCNC(=O)C1(CN)CCC1. The van der Waals surface area contributed by atoms with E-state index in [2.05, 4.69) is 5.32 Å². The highest BCUT2D eigenvalue weighted by atomic mass is 16.2. The Morgan fingerprint density at radius 1 is 1.42 bits per heavy atom. The van der Waals surface area contributed by atoms with Crippen LogP contribution < -0.4 is 16.8 Å². The molecule has 0 bridgehead atoms. The van der Waals surface area contributed by atoms with E-state index >= 15 is 0 Å². The number of hydrogen-bond donors (Lipinski definition) is 3. The summed E-state index contributed by atoms with van der Waals surface area (Å²) in [6, 6.07) is 0. The second-order valence-electron chi connectivity index (χ2n) is 3.38. The molecule has 4 heteroatoms. The summed E-state index contributed by atoms with van der Waals surface area (Å²) < 4.78 is 0. The van der Waals surface area contributed by atoms with Crippen molar-refractivity contribution in [1.82, 2.24) is 5.32 Å². The predicted molar refractivity (Wildman–Crippen MR) is 47.4 cm³/mol. The summed E-state index contributed by atoms with van der Waals surface area (Å²) in [7, 11) is 0. The van der Waals surface area contributed by atoms with Gasteiger partial charge in [-0.3, -0.25) is 4.79 Å². The Balaban J connectivity index is 2.38. The van der Waals surface area contributed by atoms with Crippen LogP contribution in [0.1, 0.15) is 19.3 Å². The first-order valence-electron chi connectivity index (χ1n) is 4.43. The molecule has 0 radical (unpaired) electrons. The molecular weight excluding hydrogens is 154 g/mol. The molecule has 0 aromatic carbocycles. The first-order valence-corrected chi connectivity index (χ1v) is 4.43. The van der Waals surface area contributed by atoms with Crippen molar-refractivity contribution in [3.63, 3.8) is 0 Å². The average molecular weight is 171 g/mol. The van der Waals surface area contributed by atoms with Crippen molar-refractivity contribution >= 4 is 5.91 Å². The van der Waals surface area contributed by atoms with E-state index < -0.39 is 0 Å². The van der Waals surface area contributed by atoms with Gasteiger partial charge in [-0.1, -0.05) is 6.42 Å². The normalized spacial score (nSPS) is 19.8. The van der Waals surface area contributed by atoms with E-state index in [1.807, 2.05) is 0 Å². The lowest BCUT2D eigenvalue weighted by molar-refractivity contribution is -0.135. The van der Waals surface area contributed by atoms with Crippen LogP contribution in [0.3, 0.4) is 0 Å². The van der Waals surface area contributed by atoms with Crippen LogP contribution in [0.5, 0.6) is 0 Å². The van der Waals surface area contributed by atoms with Crippen LogP contribution in [0.15, 0.2) is 0 Å². The van der Waals surface area contributed by atoms with Gasteiger partial charge in [0.1, 0.15) is 0 Å². The van der Waals surface area contributed by atoms with Gasteiger partial charge in [0.15, 0.2) is 0 Å². The van der Waals surface area contributed by atoms with Crippen LogP contribution in [0.2, 0.25) is 0 Å². The molecule has 0 spiro atoms. The summed E-state index contributed by atoms with van der Waals surface area (Å²) in [4.78, 5) is 11.5. The number of nitrogens with one attached hydrogen (secondary N) is 1. The van der Waals surface area contributed by atoms with Crippen LogP contribution in [0.4, 0.5) is 0 Å². The molecule has 0 heterocycles. The molecule has 0 aromatic heterocycles. The fourth-order valence-electron chi connectivity index (χ4n) is 1.50. The van der Waals surface area contributed by atoms with E-state index in [1.165, 1.54) is 0 Å². The number of carbonyl (C=O) groups excluding carboxylic acids is 1. The molecule has 1 aliphatic carbocycles. The first-order chi connectivity index (χ1) is 5.75. The predicted octanol–water partition coefficient (Wildman–Crippen LogP) is -0.810. The molecule has 1 rings (SSSR count). The molecule has 0 aliphatic heterocycles. The maximum absolute atomic E-state index is 11.5. The fraction of sp³-hybridized carbons (Fsp3) is 0.875. The summed E-state index contributed by atoms with van der Waals surface area (Å²) in [6.07, 6.45) is 2.98. The second kappa shape index (κ2) is 3.87. The lowest BCUT2D eigenvalue weighted by Gasteiger charge is -2.39. The van der Waals surface area contributed by atoms with E-state index in [-0.39, 0.29) is 11.3 Å². The maximum atomic E-state index is 11.5. The molecule has 0 aromatic rings. The quantitative estimate of drug-likeness (QED) is 0.517. The van der Waals surface area contributed by atoms with E-state index in [1.54, 1.807) is 0 Å². The zero-order valence-electron chi connectivity index (χ0n) is 7.31. The van der Waals surface area contributed by atoms with Crippen molar-refractivity contribution < 1.29 is 4.79 Å². The monoisotopic (exact) mass is 171 g/mol. The number of nitrogens with two attached hydrogens (primary N) is 2. The molecule has 70 valence electrons. The van der Waals surface area contributed by atoms with Crippen molar-refractivity contribution in [2.24, 2.45) is 16.9 Å². The first kappa shape index (κ1) is 9.48. The van der Waals surface area contributed by atoms with E-state index in [0.717, 1.165) is 19.3 Å². The Bertz CT molecular complexity index is 160. The molecule has 12 heavy (non-hydrogen) atoms. The van der Waals surface area contributed by atoms with Gasteiger partial charge < -0.3 is 16.8 Å². The zero-order chi connectivity index (χ0) is 9.03. The lowest BCUT2D eigenvalue weighted by Crippen LogP contribution is -2.51. The van der Waals surface area contributed by atoms with Crippen molar-refractivity contribution in [3.05, 3.63) is 0 Å². The van der Waals surface area contributed by atoms with E-state index in [0.29, 0.717) is 19.6 Å². The fourth-order valence-corrected chi connectivity index (χ4v) is 1.50. The third kappa shape index (κ3) is 1.59. The van der Waals surface area contributed by atoms with Gasteiger partial charge >= 0.3 is 0 Å². The van der Waals surface area contributed by atoms with Gasteiger partial charge in [0.05, 0.1) is 5.41 Å². The lowest BCUT2D eigenvalue weighted by atomic mass is 9.68. The topological polar surface area (TPSA) is 81.1 Å². The molecule has 1 fully saturated rings. The number of rotatable bonds is 4. The van der Waals surface area contributed by atoms with Crippen molar-refractivity contribution in [3.8, 4) is 0 Å². The standard InChI is InChI=1S/C8H17N3O/c9-4-5-11-7(12)8(6-10)2-1-3-8/h1-6,9-10H2,(H,11,12). The van der Waals surface area contributed by atoms with Gasteiger partial charge in [-0.2, -0.15) is 0 Å². The van der Waals surface area contributed by atoms with Crippen LogP contribution in [0, 0.1) is 5.41 Å². The minimum Gasteiger partial charge on any atom is -0.354 e. The van der Waals surface area contributed by atoms with Crippen LogP contribution >= 0.6 is 0 Å². The Morgan fingerprint density at radius 3 is 2.42 bits per heavy atom. The highest BCUT2D eigenvalue weighted by Crippen LogP contribution is 2.39. The van der Waals surface area contributed by atoms with E-state index in [4.69, 9.17) is 11.5 Å². The van der Waals surface area contributed by atoms with Crippen LogP contribution in [-0.4, -0.2) is 25.5 Å². The summed E-state index contributed by atoms with van der Waals surface area (Å²) in [6.45, 7) is 1.51. The molecule has 1 saturated carbocycles. The summed E-state index contributed by atoms with van der Waals surface area (Å²) in [5.41, 5.74) is 10.6. The minimum absolute atomic E-state index is 0.0849. The summed E-state index contributed by atoms with van der Waals surface area (Å²) >= 11 is 0. The Labute approximate surface area is 72.7 Å². The third-order valence-corrected chi connectivity index (χ3v) is 2.61. The van der Waals surface area contributed by atoms with Crippen LogP contribution in [0.25, 0.3) is 0 Å². The highest BCUT2D eigenvalue weighted by molar-refractivity contribution is 5.83. The maximum Gasteiger partial charge on any atom is 0.227 e. The number of amides is 1. The number of hydrogen-bond acceptors (Lipinski definition) is 3. The zero-order valence-corrected chi connectivity index (χ0v) is 7.31. The largest absolute Gasteiger partial charge is 0.354 e. The Kier molecular flexibility index (Phi) is 3.05. The summed E-state index contributed by atoms with van der Waals surface area (Å²) in [5.74, 6) is 0.0849. The van der Waals surface area contributed by atoms with Gasteiger partial charge in [0.2, 0.25) is 5.91 Å².